The summed E-state index contributed by atoms with van der Waals surface area (Å²) in [6.45, 7) is 0.780. The van der Waals surface area contributed by atoms with Crippen LogP contribution in [0.5, 0.6) is 0 Å². The number of H-pyrrole nitrogens is 1. The van der Waals surface area contributed by atoms with E-state index >= 15 is 0 Å². The first-order valence-electron chi connectivity index (χ1n) is 7.14. The Balaban J connectivity index is 1.45. The van der Waals surface area contributed by atoms with E-state index in [1.807, 2.05) is 30.3 Å². The number of fused-ring (bicyclic) bond motifs is 1. The normalized spacial score (nSPS) is 12.6. The van der Waals surface area contributed by atoms with Crippen LogP contribution in [-0.4, -0.2) is 38.5 Å². The molecule has 0 spiro atoms. The number of nitrogens with zero attached hydrogens (tertiary/aromatic N) is 2. The zero-order valence-corrected chi connectivity index (χ0v) is 13.8. The predicted molar refractivity (Wildman–Crippen MR) is 91.7 cm³/mol. The molecule has 0 saturated carbocycles. The lowest BCUT2D eigenvalue weighted by atomic mass is 10.2. The largest absolute Gasteiger partial charge is 0.390 e. The van der Waals surface area contributed by atoms with Crippen molar-refractivity contribution in [3.8, 4) is 0 Å². The van der Waals surface area contributed by atoms with E-state index in [1.54, 1.807) is 12.3 Å². The number of benzene rings is 1. The van der Waals surface area contributed by atoms with Gasteiger partial charge in [0.1, 0.15) is 0 Å². The topological polar surface area (TPSA) is 71.0 Å². The Kier molecular flexibility index (Phi) is 5.51. The van der Waals surface area contributed by atoms with Gasteiger partial charge in [0.15, 0.2) is 10.8 Å². The summed E-state index contributed by atoms with van der Waals surface area (Å²) in [4.78, 5) is 11.6. The fraction of sp³-hybridized carbons (Fsp3) is 0.250. The molecule has 3 aromatic rings. The van der Waals surface area contributed by atoms with Gasteiger partial charge in [-0.3, -0.25) is 0 Å². The molecular weight excluding hydrogens is 334 g/mol. The summed E-state index contributed by atoms with van der Waals surface area (Å²) in [5, 5.41) is 11.3. The average Bonchev–Trinajstić information content (AvgIpc) is 2.96. The van der Waals surface area contributed by atoms with E-state index in [9.17, 15) is 5.11 Å². The van der Waals surface area contributed by atoms with Crippen molar-refractivity contribution in [1.82, 2.24) is 15.0 Å². The maximum absolute atomic E-state index is 9.98. The molecule has 0 aliphatic carbocycles. The van der Waals surface area contributed by atoms with Crippen molar-refractivity contribution in [2.24, 2.45) is 0 Å². The Morgan fingerprint density at radius 3 is 2.96 bits per heavy atom. The van der Waals surface area contributed by atoms with E-state index in [2.05, 4.69) is 15.0 Å². The van der Waals surface area contributed by atoms with E-state index in [0.717, 1.165) is 11.1 Å². The number of rotatable bonds is 7. The molecule has 7 heteroatoms. The maximum Gasteiger partial charge on any atom is 0.178 e. The zero-order chi connectivity index (χ0) is 16.1. The van der Waals surface area contributed by atoms with Gasteiger partial charge in [-0.2, -0.15) is 0 Å². The number of aromatic amines is 1. The summed E-state index contributed by atoms with van der Waals surface area (Å²) < 4.78 is 5.52. The summed E-state index contributed by atoms with van der Waals surface area (Å²) in [5.74, 6) is 0.488. The molecule has 1 aromatic carbocycles. The van der Waals surface area contributed by atoms with Crippen LogP contribution in [0.3, 0.4) is 0 Å². The molecule has 2 heterocycles. The van der Waals surface area contributed by atoms with Crippen molar-refractivity contribution in [2.75, 3.05) is 12.4 Å². The van der Waals surface area contributed by atoms with Crippen LogP contribution in [0.1, 0.15) is 5.56 Å². The van der Waals surface area contributed by atoms with E-state index < -0.39 is 6.10 Å². The minimum atomic E-state index is -0.562. The number of imidazole rings is 1. The highest BCUT2D eigenvalue weighted by atomic mass is 35.5. The standard InChI is InChI=1S/C16H16ClN3O2S/c17-12-6-14-15(18-7-12)20-16(19-14)23-10-13(21)9-22-8-11-4-2-1-3-5-11/h1-7,13,21H,8-10H2,(H,18,19,20). The van der Waals surface area contributed by atoms with Gasteiger partial charge in [0.25, 0.3) is 0 Å². The summed E-state index contributed by atoms with van der Waals surface area (Å²) in [5.41, 5.74) is 2.49. The second kappa shape index (κ2) is 7.79. The van der Waals surface area contributed by atoms with Gasteiger partial charge in [-0.15, -0.1) is 0 Å². The molecular formula is C16H16ClN3O2S. The highest BCUT2D eigenvalue weighted by molar-refractivity contribution is 7.99. The van der Waals surface area contributed by atoms with Gasteiger partial charge in [-0.05, 0) is 11.6 Å². The Morgan fingerprint density at radius 2 is 2.13 bits per heavy atom. The second-order valence-electron chi connectivity index (χ2n) is 5.03. The molecule has 2 aromatic heterocycles. The number of ether oxygens (including phenoxy) is 1. The van der Waals surface area contributed by atoms with Crippen LogP contribution in [0, 0.1) is 0 Å². The summed E-state index contributed by atoms with van der Waals surface area (Å²) >= 11 is 7.32. The van der Waals surface area contributed by atoms with E-state index in [-0.39, 0.29) is 6.61 Å². The molecule has 0 saturated heterocycles. The second-order valence-corrected chi connectivity index (χ2v) is 6.48. The third-order valence-electron chi connectivity index (χ3n) is 3.12. The lowest BCUT2D eigenvalue weighted by Gasteiger charge is -2.10. The van der Waals surface area contributed by atoms with Crippen molar-refractivity contribution >= 4 is 34.5 Å². The van der Waals surface area contributed by atoms with Crippen molar-refractivity contribution in [1.29, 1.82) is 0 Å². The molecule has 3 rings (SSSR count). The van der Waals surface area contributed by atoms with Crippen LogP contribution < -0.4 is 0 Å². The molecule has 120 valence electrons. The smallest absolute Gasteiger partial charge is 0.178 e. The van der Waals surface area contributed by atoms with Gasteiger partial charge in [0.05, 0.1) is 29.9 Å². The molecule has 1 unspecified atom stereocenters. The summed E-state index contributed by atoms with van der Waals surface area (Å²) in [6.07, 6.45) is 0.999. The fourth-order valence-electron chi connectivity index (χ4n) is 2.03. The molecule has 5 nitrogen and oxygen atoms in total. The van der Waals surface area contributed by atoms with Gasteiger partial charge in [0.2, 0.25) is 0 Å². The highest BCUT2D eigenvalue weighted by Crippen LogP contribution is 2.21. The number of thioether (sulfide) groups is 1. The number of aliphatic hydroxyl groups excluding tert-OH is 1. The Morgan fingerprint density at radius 1 is 1.30 bits per heavy atom. The van der Waals surface area contributed by atoms with Crippen molar-refractivity contribution in [2.45, 2.75) is 17.9 Å². The molecule has 0 aliphatic heterocycles. The lowest BCUT2D eigenvalue weighted by Crippen LogP contribution is -2.18. The van der Waals surface area contributed by atoms with E-state index in [4.69, 9.17) is 16.3 Å². The van der Waals surface area contributed by atoms with Crippen LogP contribution in [0.4, 0.5) is 0 Å². The molecule has 0 bridgehead atoms. The number of aliphatic hydroxyl groups is 1. The van der Waals surface area contributed by atoms with E-state index in [0.29, 0.717) is 28.2 Å². The van der Waals surface area contributed by atoms with Crippen LogP contribution in [-0.2, 0) is 11.3 Å². The summed E-state index contributed by atoms with van der Waals surface area (Å²) in [6, 6.07) is 11.7. The number of pyridine rings is 1. The Labute approximate surface area is 143 Å². The summed E-state index contributed by atoms with van der Waals surface area (Å²) in [7, 11) is 0. The fourth-order valence-corrected chi connectivity index (χ4v) is 2.97. The van der Waals surface area contributed by atoms with Crippen LogP contribution in [0.15, 0.2) is 47.8 Å². The first-order chi connectivity index (χ1) is 11.2. The predicted octanol–water partition coefficient (Wildman–Crippen LogP) is 3.28. The van der Waals surface area contributed by atoms with Gasteiger partial charge in [-0.1, -0.05) is 53.7 Å². The van der Waals surface area contributed by atoms with Gasteiger partial charge in [-0.25, -0.2) is 9.97 Å². The average molecular weight is 350 g/mol. The number of hydrogen-bond acceptors (Lipinski definition) is 5. The monoisotopic (exact) mass is 349 g/mol. The van der Waals surface area contributed by atoms with Gasteiger partial charge >= 0.3 is 0 Å². The molecule has 0 amide bonds. The van der Waals surface area contributed by atoms with Crippen molar-refractivity contribution in [3.63, 3.8) is 0 Å². The minimum absolute atomic E-state index is 0.284. The first kappa shape index (κ1) is 16.3. The molecule has 1 atom stereocenters. The van der Waals surface area contributed by atoms with Crippen LogP contribution >= 0.6 is 23.4 Å². The zero-order valence-electron chi connectivity index (χ0n) is 12.3. The number of aromatic nitrogens is 3. The first-order valence-corrected chi connectivity index (χ1v) is 8.51. The molecule has 23 heavy (non-hydrogen) atoms. The molecule has 2 N–H and O–H groups in total. The number of halogens is 1. The van der Waals surface area contributed by atoms with Gasteiger partial charge < -0.3 is 14.8 Å². The Hall–Kier alpha value is -1.60. The highest BCUT2D eigenvalue weighted by Gasteiger charge is 2.09. The maximum atomic E-state index is 9.98. The number of hydrogen-bond donors (Lipinski definition) is 2. The lowest BCUT2D eigenvalue weighted by molar-refractivity contribution is 0.0398. The van der Waals surface area contributed by atoms with E-state index in [1.165, 1.54) is 11.8 Å². The van der Waals surface area contributed by atoms with Gasteiger partial charge in [0, 0.05) is 11.9 Å². The van der Waals surface area contributed by atoms with Crippen molar-refractivity contribution in [3.05, 3.63) is 53.2 Å². The third-order valence-corrected chi connectivity index (χ3v) is 4.34. The van der Waals surface area contributed by atoms with Crippen LogP contribution in [0.25, 0.3) is 11.2 Å². The third kappa shape index (κ3) is 4.68. The molecule has 0 aliphatic rings. The van der Waals surface area contributed by atoms with Crippen LogP contribution in [0.2, 0.25) is 5.02 Å². The molecule has 0 fully saturated rings. The number of nitrogens with one attached hydrogen (secondary N) is 1. The SMILES string of the molecule is OC(COCc1ccccc1)CSc1nc2ncc(Cl)cc2[nH]1. The molecule has 0 radical (unpaired) electrons. The van der Waals surface area contributed by atoms with Crippen molar-refractivity contribution < 1.29 is 9.84 Å². The minimum Gasteiger partial charge on any atom is -0.390 e. The Bertz CT molecular complexity index is 766. The quantitative estimate of drug-likeness (QED) is 0.640.